The van der Waals surface area contributed by atoms with Crippen molar-refractivity contribution in [1.82, 2.24) is 0 Å². The summed E-state index contributed by atoms with van der Waals surface area (Å²) in [5.74, 6) is -2.39. The molecule has 116 valence electrons. The highest BCUT2D eigenvalue weighted by molar-refractivity contribution is 6.63. The largest absolute Gasteiger partial charge is 0.498 e. The maximum Gasteiger partial charge on any atom is 0.498 e. The molecule has 0 spiro atoms. The summed E-state index contributed by atoms with van der Waals surface area (Å²) < 4.78 is 49.5. The van der Waals surface area contributed by atoms with Crippen LogP contribution < -0.4 is 14.9 Å². The average molecular weight is 300 g/mol. The molecule has 0 unspecified atom stereocenters. The third-order valence-electron chi connectivity index (χ3n) is 4.08. The van der Waals surface area contributed by atoms with Crippen molar-refractivity contribution in [2.45, 2.75) is 38.9 Å². The molecule has 0 radical (unpaired) electrons. The summed E-state index contributed by atoms with van der Waals surface area (Å²) in [5.41, 5.74) is -1.07. The molecule has 1 aliphatic rings. The highest BCUT2D eigenvalue weighted by Gasteiger charge is 2.53. The SMILES string of the molecule is COc1c(F)cc(B2OC(C)(C)C(C)(C)O2)c(OC)c1F. The van der Waals surface area contributed by atoms with E-state index in [1.807, 2.05) is 27.7 Å². The van der Waals surface area contributed by atoms with E-state index in [4.69, 9.17) is 18.8 Å². The maximum atomic E-state index is 14.2. The molecule has 7 heteroatoms. The molecule has 21 heavy (non-hydrogen) atoms. The molecule has 0 N–H and O–H groups in total. The van der Waals surface area contributed by atoms with Crippen molar-refractivity contribution < 1.29 is 27.6 Å². The lowest BCUT2D eigenvalue weighted by Crippen LogP contribution is -2.41. The Morgan fingerprint density at radius 1 is 0.952 bits per heavy atom. The minimum atomic E-state index is -0.917. The Balaban J connectivity index is 2.51. The van der Waals surface area contributed by atoms with Crippen molar-refractivity contribution in [3.05, 3.63) is 17.7 Å². The Morgan fingerprint density at radius 2 is 1.43 bits per heavy atom. The summed E-state index contributed by atoms with van der Waals surface area (Å²) in [6, 6.07) is 1.11. The summed E-state index contributed by atoms with van der Waals surface area (Å²) >= 11 is 0. The molecule has 1 aromatic carbocycles. The lowest BCUT2D eigenvalue weighted by Gasteiger charge is -2.32. The fourth-order valence-electron chi connectivity index (χ4n) is 2.14. The molecule has 0 amide bonds. The smallest absolute Gasteiger partial charge is 0.494 e. The lowest BCUT2D eigenvalue weighted by molar-refractivity contribution is 0.00578. The molecule has 1 saturated heterocycles. The Bertz CT molecular complexity index is 544. The van der Waals surface area contributed by atoms with Crippen LogP contribution in [0, 0.1) is 11.6 Å². The van der Waals surface area contributed by atoms with E-state index >= 15 is 0 Å². The summed E-state index contributed by atoms with van der Waals surface area (Å²) in [6.45, 7) is 7.43. The van der Waals surface area contributed by atoms with E-state index < -0.39 is 35.7 Å². The second-order valence-electron chi connectivity index (χ2n) is 5.92. The summed E-state index contributed by atoms with van der Waals surface area (Å²) in [4.78, 5) is 0. The van der Waals surface area contributed by atoms with Crippen LogP contribution >= 0.6 is 0 Å². The third kappa shape index (κ3) is 2.49. The molecular formula is C14H19BF2O4. The van der Waals surface area contributed by atoms with E-state index in [0.29, 0.717) is 0 Å². The number of benzene rings is 1. The molecule has 0 saturated carbocycles. The van der Waals surface area contributed by atoms with Gasteiger partial charge in [0.25, 0.3) is 0 Å². The van der Waals surface area contributed by atoms with Gasteiger partial charge in [-0.2, -0.15) is 4.39 Å². The van der Waals surface area contributed by atoms with Crippen LogP contribution in [0.15, 0.2) is 6.07 Å². The van der Waals surface area contributed by atoms with Gasteiger partial charge >= 0.3 is 7.12 Å². The fourth-order valence-corrected chi connectivity index (χ4v) is 2.14. The lowest BCUT2D eigenvalue weighted by atomic mass is 9.78. The third-order valence-corrected chi connectivity index (χ3v) is 4.08. The Labute approximate surface area is 123 Å². The van der Waals surface area contributed by atoms with Crippen molar-refractivity contribution >= 4 is 12.6 Å². The quantitative estimate of drug-likeness (QED) is 0.803. The maximum absolute atomic E-state index is 14.2. The van der Waals surface area contributed by atoms with Crippen molar-refractivity contribution in [2.75, 3.05) is 14.2 Å². The first kappa shape index (κ1) is 16.0. The van der Waals surface area contributed by atoms with E-state index in [1.165, 1.54) is 14.2 Å². The number of hydrogen-bond acceptors (Lipinski definition) is 4. The molecule has 1 fully saturated rings. The standard InChI is InChI=1S/C14H19BF2O4/c1-13(2)14(3,4)21-15(20-13)8-7-9(16)12(19-6)10(17)11(8)18-5/h7H,1-6H3. The molecule has 4 nitrogen and oxygen atoms in total. The van der Waals surface area contributed by atoms with Crippen molar-refractivity contribution in [3.8, 4) is 11.5 Å². The molecule has 1 aromatic rings. The van der Waals surface area contributed by atoms with E-state index in [-0.39, 0.29) is 11.2 Å². The van der Waals surface area contributed by atoms with Gasteiger partial charge in [0.05, 0.1) is 25.4 Å². The Kier molecular flexibility index (Phi) is 3.93. The molecule has 0 aliphatic carbocycles. The normalized spacial score (nSPS) is 19.7. The van der Waals surface area contributed by atoms with Gasteiger partial charge in [0.15, 0.2) is 17.3 Å². The van der Waals surface area contributed by atoms with Gasteiger partial charge in [-0.3, -0.25) is 0 Å². The first-order valence-corrected chi connectivity index (χ1v) is 6.60. The zero-order valence-electron chi connectivity index (χ0n) is 13.0. The molecule has 2 rings (SSSR count). The number of hydrogen-bond donors (Lipinski definition) is 0. The number of rotatable bonds is 3. The zero-order valence-corrected chi connectivity index (χ0v) is 13.0. The molecule has 1 heterocycles. The summed E-state index contributed by atoms with van der Waals surface area (Å²) in [7, 11) is 1.57. The van der Waals surface area contributed by atoms with Crippen molar-refractivity contribution in [2.24, 2.45) is 0 Å². The van der Waals surface area contributed by atoms with Gasteiger partial charge in [-0.05, 0) is 33.8 Å². The minimum absolute atomic E-state index is 0.147. The van der Waals surface area contributed by atoms with Crippen LogP contribution in [0.4, 0.5) is 8.78 Å². The topological polar surface area (TPSA) is 36.9 Å². The average Bonchev–Trinajstić information content (AvgIpc) is 2.58. The predicted octanol–water partition coefficient (Wildman–Crippen LogP) is 2.28. The first-order chi connectivity index (χ1) is 9.64. The second-order valence-corrected chi connectivity index (χ2v) is 5.92. The van der Waals surface area contributed by atoms with Crippen molar-refractivity contribution in [1.29, 1.82) is 0 Å². The van der Waals surface area contributed by atoms with Crippen LogP contribution in [0.2, 0.25) is 0 Å². The number of methoxy groups -OCH3 is 2. The zero-order chi connectivity index (χ0) is 16.0. The summed E-state index contributed by atoms with van der Waals surface area (Å²) in [5, 5.41) is 0. The summed E-state index contributed by atoms with van der Waals surface area (Å²) in [6.07, 6.45) is 0. The van der Waals surface area contributed by atoms with E-state index in [2.05, 4.69) is 0 Å². The Morgan fingerprint density at radius 3 is 1.86 bits per heavy atom. The number of halogens is 2. The molecule has 0 aromatic heterocycles. The predicted molar refractivity (Wildman–Crippen MR) is 75.2 cm³/mol. The van der Waals surface area contributed by atoms with Gasteiger partial charge in [-0.25, -0.2) is 4.39 Å². The second kappa shape index (κ2) is 5.14. The van der Waals surface area contributed by atoms with Crippen LogP contribution in [-0.4, -0.2) is 32.5 Å². The fraction of sp³-hybridized carbons (Fsp3) is 0.571. The van der Waals surface area contributed by atoms with E-state index in [1.54, 1.807) is 0 Å². The monoisotopic (exact) mass is 300 g/mol. The molecule has 0 atom stereocenters. The van der Waals surface area contributed by atoms with Gasteiger partial charge in [0.1, 0.15) is 0 Å². The van der Waals surface area contributed by atoms with Crippen LogP contribution in [0.1, 0.15) is 27.7 Å². The van der Waals surface area contributed by atoms with E-state index in [0.717, 1.165) is 6.07 Å². The van der Waals surface area contributed by atoms with Gasteiger partial charge in [0, 0.05) is 5.46 Å². The molecule has 1 aliphatic heterocycles. The first-order valence-electron chi connectivity index (χ1n) is 6.60. The highest BCUT2D eigenvalue weighted by atomic mass is 19.1. The molecular weight excluding hydrogens is 281 g/mol. The van der Waals surface area contributed by atoms with E-state index in [9.17, 15) is 8.78 Å². The van der Waals surface area contributed by atoms with Crippen LogP contribution in [0.5, 0.6) is 11.5 Å². The Hall–Kier alpha value is -1.34. The van der Waals surface area contributed by atoms with Gasteiger partial charge < -0.3 is 18.8 Å². The minimum Gasteiger partial charge on any atom is -0.494 e. The number of ether oxygens (including phenoxy) is 2. The van der Waals surface area contributed by atoms with Crippen LogP contribution in [0.3, 0.4) is 0 Å². The van der Waals surface area contributed by atoms with Gasteiger partial charge in [-0.1, -0.05) is 0 Å². The van der Waals surface area contributed by atoms with Crippen LogP contribution in [-0.2, 0) is 9.31 Å². The molecule has 0 bridgehead atoms. The van der Waals surface area contributed by atoms with Crippen molar-refractivity contribution in [3.63, 3.8) is 0 Å². The van der Waals surface area contributed by atoms with Gasteiger partial charge in [-0.15, -0.1) is 0 Å². The van der Waals surface area contributed by atoms with Crippen LogP contribution in [0.25, 0.3) is 0 Å². The highest BCUT2D eigenvalue weighted by Crippen LogP contribution is 2.38. The van der Waals surface area contributed by atoms with Gasteiger partial charge in [0.2, 0.25) is 5.82 Å².